The molecule has 0 radical (unpaired) electrons. The highest BCUT2D eigenvalue weighted by Crippen LogP contribution is 2.39. The number of nitrogens with one attached hydrogen (secondary N) is 1. The van der Waals surface area contributed by atoms with Crippen LogP contribution in [0.2, 0.25) is 0 Å². The van der Waals surface area contributed by atoms with Crippen molar-refractivity contribution < 1.29 is 9.59 Å². The van der Waals surface area contributed by atoms with Crippen LogP contribution in [0, 0.1) is 5.92 Å². The van der Waals surface area contributed by atoms with Crippen LogP contribution in [0.1, 0.15) is 79.6 Å². The third-order valence-corrected chi connectivity index (χ3v) is 6.66. The van der Waals surface area contributed by atoms with Crippen molar-refractivity contribution in [3.63, 3.8) is 0 Å². The number of benzene rings is 1. The molecule has 28 heavy (non-hydrogen) atoms. The molecular weight excluding hydrogens is 368 g/mol. The topological polar surface area (TPSA) is 72.2 Å². The highest BCUT2D eigenvalue weighted by molar-refractivity contribution is 7.10. The fourth-order valence-electron chi connectivity index (χ4n) is 4.04. The fraction of sp³-hybridized carbons (Fsp3) is 0.478. The number of nitrogens with two attached hydrogens (primary N) is 1. The maximum Gasteiger partial charge on any atom is 0.256 e. The molecule has 1 aromatic carbocycles. The Morgan fingerprint density at radius 3 is 2.29 bits per heavy atom. The van der Waals surface area contributed by atoms with Crippen LogP contribution < -0.4 is 11.1 Å². The zero-order valence-electron chi connectivity index (χ0n) is 17.0. The summed E-state index contributed by atoms with van der Waals surface area (Å²) < 4.78 is 0. The summed E-state index contributed by atoms with van der Waals surface area (Å²) in [6, 6.07) is 9.74. The summed E-state index contributed by atoms with van der Waals surface area (Å²) in [6.07, 6.45) is 5.47. The summed E-state index contributed by atoms with van der Waals surface area (Å²) in [4.78, 5) is 26.0. The molecule has 1 unspecified atom stereocenters. The number of hydrogen-bond donors (Lipinski definition) is 2. The molecule has 2 aromatic rings. The maximum atomic E-state index is 12.9. The van der Waals surface area contributed by atoms with Crippen molar-refractivity contribution in [2.45, 2.75) is 64.2 Å². The molecule has 1 fully saturated rings. The van der Waals surface area contributed by atoms with Gasteiger partial charge in [0.1, 0.15) is 0 Å². The van der Waals surface area contributed by atoms with Crippen molar-refractivity contribution in [2.24, 2.45) is 11.7 Å². The molecule has 150 valence electrons. The van der Waals surface area contributed by atoms with E-state index < -0.39 is 0 Å². The molecule has 3 N–H and O–H groups in total. The molecular formula is C23H30N2O2S. The SMILES string of the molecule is CC(C)(C)c1ccc(NC(=O)c2ccsc2C(C(N)=O)C2CCCCC2)cc1. The number of thiophene rings is 1. The molecule has 1 aliphatic rings. The molecule has 0 spiro atoms. The minimum absolute atomic E-state index is 0.0672. The van der Waals surface area contributed by atoms with Crippen molar-refractivity contribution in [3.05, 3.63) is 51.7 Å². The maximum absolute atomic E-state index is 12.9. The molecule has 1 atom stereocenters. The second-order valence-electron chi connectivity index (χ2n) is 8.76. The van der Waals surface area contributed by atoms with E-state index in [1.165, 1.54) is 23.3 Å². The van der Waals surface area contributed by atoms with E-state index in [9.17, 15) is 9.59 Å². The van der Waals surface area contributed by atoms with Gasteiger partial charge in [0.15, 0.2) is 0 Å². The Kier molecular flexibility index (Phi) is 6.23. The van der Waals surface area contributed by atoms with Crippen LogP contribution >= 0.6 is 11.3 Å². The lowest BCUT2D eigenvalue weighted by Gasteiger charge is -2.28. The molecule has 0 saturated heterocycles. The predicted molar refractivity (Wildman–Crippen MR) is 116 cm³/mol. The van der Waals surface area contributed by atoms with Crippen LogP contribution in [0.25, 0.3) is 0 Å². The van der Waals surface area contributed by atoms with Crippen LogP contribution in [-0.4, -0.2) is 11.8 Å². The number of anilines is 1. The first-order valence-electron chi connectivity index (χ1n) is 10.1. The van der Waals surface area contributed by atoms with Crippen molar-refractivity contribution in [1.29, 1.82) is 0 Å². The molecule has 0 aliphatic heterocycles. The van der Waals surface area contributed by atoms with Gasteiger partial charge in [-0.25, -0.2) is 0 Å². The van der Waals surface area contributed by atoms with Gasteiger partial charge in [-0.05, 0) is 53.3 Å². The summed E-state index contributed by atoms with van der Waals surface area (Å²) >= 11 is 1.46. The molecule has 1 heterocycles. The molecule has 1 saturated carbocycles. The van der Waals surface area contributed by atoms with Crippen LogP contribution in [0.3, 0.4) is 0 Å². The standard InChI is InChI=1S/C23H30N2O2S/c1-23(2,3)16-9-11-17(12-10-16)25-22(27)18-13-14-28-20(18)19(21(24)26)15-7-5-4-6-8-15/h9-15,19H,4-8H2,1-3H3,(H2,24,26)(H,25,27). The average Bonchev–Trinajstić information content (AvgIpc) is 3.11. The average molecular weight is 399 g/mol. The van der Waals surface area contributed by atoms with E-state index in [1.807, 2.05) is 29.6 Å². The summed E-state index contributed by atoms with van der Waals surface area (Å²) in [5.74, 6) is -0.633. The lowest BCUT2D eigenvalue weighted by Crippen LogP contribution is -2.30. The first-order valence-corrected chi connectivity index (χ1v) is 10.9. The normalized spacial score (nSPS) is 16.5. The quantitative estimate of drug-likeness (QED) is 0.703. The highest BCUT2D eigenvalue weighted by Gasteiger charge is 2.33. The Labute approximate surface area is 171 Å². The summed E-state index contributed by atoms with van der Waals surface area (Å²) in [5.41, 5.74) is 8.38. The van der Waals surface area contributed by atoms with E-state index in [0.717, 1.165) is 36.2 Å². The number of hydrogen-bond acceptors (Lipinski definition) is 3. The van der Waals surface area contributed by atoms with E-state index in [0.29, 0.717) is 5.56 Å². The lowest BCUT2D eigenvalue weighted by molar-refractivity contribution is -0.120. The lowest BCUT2D eigenvalue weighted by atomic mass is 9.78. The summed E-state index contributed by atoms with van der Waals surface area (Å²) in [6.45, 7) is 6.48. The highest BCUT2D eigenvalue weighted by atomic mass is 32.1. The molecule has 1 aromatic heterocycles. The van der Waals surface area contributed by atoms with Gasteiger partial charge in [0.05, 0.1) is 11.5 Å². The van der Waals surface area contributed by atoms with Gasteiger partial charge in [0.25, 0.3) is 5.91 Å². The van der Waals surface area contributed by atoms with Gasteiger partial charge < -0.3 is 11.1 Å². The first-order chi connectivity index (χ1) is 13.3. The Balaban J connectivity index is 1.80. The van der Waals surface area contributed by atoms with Crippen LogP contribution in [0.5, 0.6) is 0 Å². The van der Waals surface area contributed by atoms with Gasteiger partial charge in [-0.2, -0.15) is 0 Å². The number of rotatable bonds is 5. The largest absolute Gasteiger partial charge is 0.369 e. The van der Waals surface area contributed by atoms with E-state index in [2.05, 4.69) is 26.1 Å². The fourth-order valence-corrected chi connectivity index (χ4v) is 5.14. The number of primary amides is 1. The summed E-state index contributed by atoms with van der Waals surface area (Å²) in [5, 5.41) is 4.86. The van der Waals surface area contributed by atoms with Crippen molar-refractivity contribution in [2.75, 3.05) is 5.32 Å². The smallest absolute Gasteiger partial charge is 0.256 e. The van der Waals surface area contributed by atoms with E-state index >= 15 is 0 Å². The van der Waals surface area contributed by atoms with Crippen molar-refractivity contribution in [1.82, 2.24) is 0 Å². The Morgan fingerprint density at radius 2 is 1.71 bits per heavy atom. The van der Waals surface area contributed by atoms with E-state index in [-0.39, 0.29) is 29.1 Å². The monoisotopic (exact) mass is 398 g/mol. The Morgan fingerprint density at radius 1 is 1.07 bits per heavy atom. The minimum atomic E-state index is -0.371. The van der Waals surface area contributed by atoms with Gasteiger partial charge in [0, 0.05) is 10.6 Å². The van der Waals surface area contributed by atoms with Crippen LogP contribution in [0.15, 0.2) is 35.7 Å². The van der Waals surface area contributed by atoms with Crippen LogP contribution in [-0.2, 0) is 10.2 Å². The number of carbonyl (C=O) groups is 2. The zero-order chi connectivity index (χ0) is 20.3. The zero-order valence-corrected chi connectivity index (χ0v) is 17.8. The number of amides is 2. The molecule has 2 amide bonds. The molecule has 3 rings (SSSR count). The van der Waals surface area contributed by atoms with Gasteiger partial charge in [-0.15, -0.1) is 11.3 Å². The van der Waals surface area contributed by atoms with Crippen molar-refractivity contribution in [3.8, 4) is 0 Å². The Hall–Kier alpha value is -2.14. The van der Waals surface area contributed by atoms with E-state index in [1.54, 1.807) is 6.07 Å². The third kappa shape index (κ3) is 4.64. The second kappa shape index (κ2) is 8.48. The predicted octanol–water partition coefficient (Wildman–Crippen LogP) is 5.45. The van der Waals surface area contributed by atoms with Crippen LogP contribution in [0.4, 0.5) is 5.69 Å². The minimum Gasteiger partial charge on any atom is -0.369 e. The van der Waals surface area contributed by atoms with Gasteiger partial charge in [-0.1, -0.05) is 52.2 Å². The molecule has 1 aliphatic carbocycles. The van der Waals surface area contributed by atoms with E-state index in [4.69, 9.17) is 5.73 Å². The van der Waals surface area contributed by atoms with Gasteiger partial charge in [0.2, 0.25) is 5.91 Å². The van der Waals surface area contributed by atoms with Crippen molar-refractivity contribution >= 4 is 28.8 Å². The molecule has 4 nitrogen and oxygen atoms in total. The summed E-state index contributed by atoms with van der Waals surface area (Å²) in [7, 11) is 0. The Bertz CT molecular complexity index is 827. The first kappa shape index (κ1) is 20.6. The number of carbonyl (C=O) groups excluding carboxylic acids is 2. The molecule has 0 bridgehead atoms. The van der Waals surface area contributed by atoms with Gasteiger partial charge in [-0.3, -0.25) is 9.59 Å². The second-order valence-corrected chi connectivity index (χ2v) is 9.71. The third-order valence-electron chi connectivity index (χ3n) is 5.66. The molecule has 5 heteroatoms. The van der Waals surface area contributed by atoms with Gasteiger partial charge >= 0.3 is 0 Å².